The maximum absolute atomic E-state index is 12.5. The molecule has 0 spiro atoms. The highest BCUT2D eigenvalue weighted by molar-refractivity contribution is 6.18. The van der Waals surface area contributed by atoms with Gasteiger partial charge in [-0.3, -0.25) is 0 Å². The molecule has 1 unspecified atom stereocenters. The highest BCUT2D eigenvalue weighted by Gasteiger charge is 2.37. The van der Waals surface area contributed by atoms with Gasteiger partial charge in [0.15, 0.2) is 5.67 Å². The zero-order valence-electron chi connectivity index (χ0n) is 5.00. The number of hydrogen-bond donors (Lipinski definition) is 0. The lowest BCUT2D eigenvalue weighted by molar-refractivity contribution is -0.0216. The molecule has 0 nitrogen and oxygen atoms in total. The topological polar surface area (TPSA) is 0 Å². The van der Waals surface area contributed by atoms with Crippen molar-refractivity contribution in [2.75, 3.05) is 5.88 Å². The van der Waals surface area contributed by atoms with E-state index in [1.807, 2.05) is 0 Å². The van der Waals surface area contributed by atoms with E-state index in [-0.39, 0.29) is 6.42 Å². The fourth-order valence-corrected chi connectivity index (χ4v) is 0.613. The van der Waals surface area contributed by atoms with Crippen molar-refractivity contribution in [2.45, 2.75) is 25.4 Å². The lowest BCUT2D eigenvalue weighted by atomic mass is 10.1. The Morgan fingerprint density at radius 2 is 2.00 bits per heavy atom. The molecule has 0 fully saturated rings. The molecule has 56 valence electrons. The van der Waals surface area contributed by atoms with Crippen molar-refractivity contribution < 1.29 is 13.2 Å². The number of rotatable bonds is 3. The largest absolute Gasteiger partial charge is 0.273 e. The Morgan fingerprint density at radius 3 is 2.00 bits per heavy atom. The van der Waals surface area contributed by atoms with Crippen LogP contribution in [0.3, 0.4) is 0 Å². The average Bonchev–Trinajstić information content (AvgIpc) is 1.86. The molecule has 0 radical (unpaired) electrons. The van der Waals surface area contributed by atoms with Gasteiger partial charge < -0.3 is 0 Å². The average molecular weight is 161 g/mol. The molecule has 1 atom stereocenters. The highest BCUT2D eigenvalue weighted by Crippen LogP contribution is 2.25. The predicted octanol–water partition coefficient (Wildman–Crippen LogP) is 2.61. The summed E-state index contributed by atoms with van der Waals surface area (Å²) in [4.78, 5) is 0. The van der Waals surface area contributed by atoms with Crippen molar-refractivity contribution in [3.05, 3.63) is 0 Å². The van der Waals surface area contributed by atoms with Crippen molar-refractivity contribution in [2.24, 2.45) is 0 Å². The first-order chi connectivity index (χ1) is 4.06. The van der Waals surface area contributed by atoms with Crippen molar-refractivity contribution in [1.29, 1.82) is 0 Å². The first-order valence-corrected chi connectivity index (χ1v) is 3.13. The SMILES string of the molecule is CCC(F)(CCl)C(F)F. The first-order valence-electron chi connectivity index (χ1n) is 2.60. The Kier molecular flexibility index (Phi) is 3.33. The molecule has 0 saturated heterocycles. The summed E-state index contributed by atoms with van der Waals surface area (Å²) in [6.45, 7) is 1.34. The molecule has 0 amide bonds. The van der Waals surface area contributed by atoms with E-state index in [1.165, 1.54) is 6.92 Å². The number of halogens is 4. The minimum Gasteiger partial charge on any atom is -0.236 e. The summed E-state index contributed by atoms with van der Waals surface area (Å²) in [5, 5.41) is 0. The molecule has 9 heavy (non-hydrogen) atoms. The van der Waals surface area contributed by atoms with E-state index in [4.69, 9.17) is 11.6 Å². The van der Waals surface area contributed by atoms with Crippen molar-refractivity contribution in [1.82, 2.24) is 0 Å². The zero-order valence-corrected chi connectivity index (χ0v) is 5.76. The molecular formula is C5H8ClF3. The van der Waals surface area contributed by atoms with E-state index in [9.17, 15) is 13.2 Å². The standard InChI is InChI=1S/C5H8ClF3/c1-2-5(9,3-6)4(7)8/h4H,2-3H2,1H3. The summed E-state index contributed by atoms with van der Waals surface area (Å²) in [6, 6.07) is 0. The van der Waals surface area contributed by atoms with Crippen LogP contribution in [-0.4, -0.2) is 18.0 Å². The lowest BCUT2D eigenvalue weighted by Gasteiger charge is -2.18. The van der Waals surface area contributed by atoms with Gasteiger partial charge in [0, 0.05) is 0 Å². The molecule has 0 aromatic heterocycles. The molecule has 0 heterocycles. The Hall–Kier alpha value is 0.0800. The summed E-state index contributed by atoms with van der Waals surface area (Å²) in [6.07, 6.45) is -3.21. The van der Waals surface area contributed by atoms with Crippen LogP contribution < -0.4 is 0 Å². The van der Waals surface area contributed by atoms with Gasteiger partial charge in [-0.25, -0.2) is 13.2 Å². The van der Waals surface area contributed by atoms with Gasteiger partial charge in [-0.15, -0.1) is 11.6 Å². The molecular weight excluding hydrogens is 153 g/mol. The lowest BCUT2D eigenvalue weighted by Crippen LogP contribution is -2.33. The quantitative estimate of drug-likeness (QED) is 0.557. The van der Waals surface area contributed by atoms with Crippen molar-refractivity contribution in [3.63, 3.8) is 0 Å². The van der Waals surface area contributed by atoms with E-state index in [2.05, 4.69) is 0 Å². The van der Waals surface area contributed by atoms with Gasteiger partial charge in [-0.05, 0) is 6.42 Å². The third-order valence-corrected chi connectivity index (χ3v) is 1.65. The second kappa shape index (κ2) is 3.30. The van der Waals surface area contributed by atoms with Gasteiger partial charge in [0.25, 0.3) is 6.43 Å². The molecule has 0 saturated carbocycles. The van der Waals surface area contributed by atoms with Crippen LogP contribution in [-0.2, 0) is 0 Å². The van der Waals surface area contributed by atoms with Crippen LogP contribution in [0.4, 0.5) is 13.2 Å². The fraction of sp³-hybridized carbons (Fsp3) is 1.00. The molecule has 0 aliphatic carbocycles. The summed E-state index contributed by atoms with van der Waals surface area (Å²) >= 11 is 4.95. The molecule has 0 bridgehead atoms. The van der Waals surface area contributed by atoms with Crippen LogP contribution in [0.1, 0.15) is 13.3 Å². The molecule has 0 aromatic carbocycles. The van der Waals surface area contributed by atoms with Crippen molar-refractivity contribution in [3.8, 4) is 0 Å². The number of alkyl halides is 4. The highest BCUT2D eigenvalue weighted by atomic mass is 35.5. The monoisotopic (exact) mass is 160 g/mol. The van der Waals surface area contributed by atoms with Gasteiger partial charge in [-0.2, -0.15) is 0 Å². The van der Waals surface area contributed by atoms with Crippen LogP contribution in [0.25, 0.3) is 0 Å². The second-order valence-corrected chi connectivity index (χ2v) is 2.09. The molecule has 4 heteroatoms. The maximum atomic E-state index is 12.5. The molecule has 0 aliphatic heterocycles. The molecule has 0 N–H and O–H groups in total. The minimum atomic E-state index is -2.97. The fourth-order valence-electron chi connectivity index (χ4n) is 0.307. The van der Waals surface area contributed by atoms with E-state index in [0.717, 1.165) is 0 Å². The third kappa shape index (κ3) is 2.05. The normalized spacial score (nSPS) is 18.0. The van der Waals surface area contributed by atoms with Crippen LogP contribution in [0, 0.1) is 0 Å². The zero-order chi connectivity index (χ0) is 7.49. The van der Waals surface area contributed by atoms with Crippen molar-refractivity contribution >= 4 is 11.6 Å². The Balaban J connectivity index is 3.92. The molecule has 0 rings (SSSR count). The maximum Gasteiger partial charge on any atom is 0.273 e. The van der Waals surface area contributed by atoms with E-state index >= 15 is 0 Å². The summed E-state index contributed by atoms with van der Waals surface area (Å²) in [7, 11) is 0. The van der Waals surface area contributed by atoms with Crippen LogP contribution >= 0.6 is 11.6 Å². The Morgan fingerprint density at radius 1 is 1.56 bits per heavy atom. The number of hydrogen-bond acceptors (Lipinski definition) is 0. The van der Waals surface area contributed by atoms with Gasteiger partial charge in [0.05, 0.1) is 5.88 Å². The first kappa shape index (κ1) is 9.08. The van der Waals surface area contributed by atoms with E-state index in [0.29, 0.717) is 0 Å². The smallest absolute Gasteiger partial charge is 0.236 e. The van der Waals surface area contributed by atoms with Gasteiger partial charge >= 0.3 is 0 Å². The molecule has 0 aromatic rings. The van der Waals surface area contributed by atoms with Crippen LogP contribution in [0.5, 0.6) is 0 Å². The second-order valence-electron chi connectivity index (χ2n) is 1.82. The Labute approximate surface area is 57.0 Å². The summed E-state index contributed by atoms with van der Waals surface area (Å²) in [5.74, 6) is -0.638. The van der Waals surface area contributed by atoms with Crippen LogP contribution in [0.2, 0.25) is 0 Å². The van der Waals surface area contributed by atoms with E-state index in [1.54, 1.807) is 0 Å². The third-order valence-electron chi connectivity index (χ3n) is 1.20. The van der Waals surface area contributed by atoms with Crippen LogP contribution in [0.15, 0.2) is 0 Å². The summed E-state index contributed by atoms with van der Waals surface area (Å²) < 4.78 is 35.7. The summed E-state index contributed by atoms with van der Waals surface area (Å²) in [5.41, 5.74) is -2.48. The van der Waals surface area contributed by atoms with Gasteiger partial charge in [0.2, 0.25) is 0 Å². The van der Waals surface area contributed by atoms with Gasteiger partial charge in [0.1, 0.15) is 0 Å². The minimum absolute atomic E-state index is 0.242. The van der Waals surface area contributed by atoms with E-state index < -0.39 is 18.0 Å². The molecule has 0 aliphatic rings. The predicted molar refractivity (Wildman–Crippen MR) is 30.9 cm³/mol. The van der Waals surface area contributed by atoms with Gasteiger partial charge in [-0.1, -0.05) is 6.92 Å². The Bertz CT molecular complexity index is 80.3.